The zero-order chi connectivity index (χ0) is 18.0. The number of hydrogen-bond acceptors (Lipinski definition) is 4. The van der Waals surface area contributed by atoms with E-state index in [9.17, 15) is 22.5 Å². The molecule has 10 heteroatoms. The van der Waals surface area contributed by atoms with Crippen molar-refractivity contribution in [2.75, 3.05) is 12.4 Å². The van der Waals surface area contributed by atoms with Crippen LogP contribution >= 0.6 is 0 Å². The summed E-state index contributed by atoms with van der Waals surface area (Å²) in [5.74, 6) is -0.920. The Bertz CT molecular complexity index is 630. The first-order valence-corrected chi connectivity index (χ1v) is 6.78. The fourth-order valence-electron chi connectivity index (χ4n) is 1.89. The number of halogens is 3. The van der Waals surface area contributed by atoms with E-state index < -0.39 is 30.1 Å². The first-order valence-electron chi connectivity index (χ1n) is 6.78. The fraction of sp³-hybridized carbons (Fsp3) is 0.429. The number of methoxy groups -OCH3 is 1. The van der Waals surface area contributed by atoms with Crippen LogP contribution in [0.5, 0.6) is 0 Å². The summed E-state index contributed by atoms with van der Waals surface area (Å²) in [5, 5.41) is 2.20. The Hall–Kier alpha value is -0.549. The van der Waals surface area contributed by atoms with E-state index >= 15 is 0 Å². The van der Waals surface area contributed by atoms with Crippen molar-refractivity contribution >= 4 is 30.2 Å². The van der Waals surface area contributed by atoms with Gasteiger partial charge in [-0.25, -0.2) is 9.59 Å². The van der Waals surface area contributed by atoms with E-state index in [1.54, 1.807) is 20.8 Å². The third kappa shape index (κ3) is 6.75. The van der Waals surface area contributed by atoms with Crippen LogP contribution in [-0.4, -0.2) is 31.8 Å². The van der Waals surface area contributed by atoms with Gasteiger partial charge in [-0.15, -0.1) is 5.46 Å². The average Bonchev–Trinajstić information content (AvgIpc) is 2.36. The maximum atomic E-state index is 13.2. The SMILES string of the molecule is COC(=O)c1cc(NC(=O)OC(C)(C)C)cc([B-](F)(F)F)c1C.[K+]. The molecule has 0 saturated carbocycles. The number of nitrogens with one attached hydrogen (secondary N) is 1. The van der Waals surface area contributed by atoms with Crippen molar-refractivity contribution in [2.24, 2.45) is 0 Å². The van der Waals surface area contributed by atoms with Gasteiger partial charge in [0.05, 0.1) is 12.7 Å². The van der Waals surface area contributed by atoms with E-state index in [2.05, 4.69) is 10.1 Å². The van der Waals surface area contributed by atoms with Crippen molar-refractivity contribution in [1.82, 2.24) is 0 Å². The van der Waals surface area contributed by atoms with Gasteiger partial charge in [0.1, 0.15) is 5.60 Å². The number of ether oxygens (including phenoxy) is 2. The summed E-state index contributed by atoms with van der Waals surface area (Å²) in [6.07, 6.45) is -0.919. The molecule has 0 spiro atoms. The number of rotatable bonds is 3. The third-order valence-corrected chi connectivity index (χ3v) is 2.85. The molecule has 128 valence electrons. The first kappa shape index (κ1) is 23.5. The topological polar surface area (TPSA) is 64.6 Å². The predicted octanol–water partition coefficient (Wildman–Crippen LogP) is 0.187. The minimum atomic E-state index is -5.36. The molecule has 0 heterocycles. The third-order valence-electron chi connectivity index (χ3n) is 2.85. The summed E-state index contributed by atoms with van der Waals surface area (Å²) in [4.78, 5) is 23.4. The molecular formula is C14H18BF3KNO4. The predicted molar refractivity (Wildman–Crippen MR) is 81.1 cm³/mol. The van der Waals surface area contributed by atoms with Crippen molar-refractivity contribution < 1.29 is 83.4 Å². The van der Waals surface area contributed by atoms with Crippen molar-refractivity contribution in [1.29, 1.82) is 0 Å². The molecule has 0 aromatic heterocycles. The van der Waals surface area contributed by atoms with E-state index in [0.717, 1.165) is 19.2 Å². The minimum Gasteiger partial charge on any atom is -0.465 e. The van der Waals surface area contributed by atoms with Crippen LogP contribution in [0.4, 0.5) is 23.4 Å². The van der Waals surface area contributed by atoms with E-state index in [1.165, 1.54) is 6.92 Å². The molecule has 1 amide bonds. The largest absolute Gasteiger partial charge is 1.00 e. The number of carbonyl (C=O) groups is 2. The Morgan fingerprint density at radius 3 is 2.12 bits per heavy atom. The van der Waals surface area contributed by atoms with Gasteiger partial charge in [0.15, 0.2) is 0 Å². The molecule has 0 atom stereocenters. The summed E-state index contributed by atoms with van der Waals surface area (Å²) in [7, 11) is 1.06. The Morgan fingerprint density at radius 1 is 1.17 bits per heavy atom. The van der Waals surface area contributed by atoms with Gasteiger partial charge in [0.25, 0.3) is 0 Å². The number of amides is 1. The zero-order valence-corrected chi connectivity index (χ0v) is 17.6. The molecule has 0 fully saturated rings. The second kappa shape index (κ2) is 8.70. The van der Waals surface area contributed by atoms with Crippen LogP contribution in [0.25, 0.3) is 0 Å². The van der Waals surface area contributed by atoms with Gasteiger partial charge in [-0.05, 0) is 33.8 Å². The van der Waals surface area contributed by atoms with E-state index in [-0.39, 0.29) is 68.2 Å². The van der Waals surface area contributed by atoms with Gasteiger partial charge in [-0.3, -0.25) is 5.32 Å². The normalized spacial score (nSPS) is 11.3. The van der Waals surface area contributed by atoms with Crippen molar-refractivity contribution in [3.8, 4) is 0 Å². The summed E-state index contributed by atoms with van der Waals surface area (Å²) in [5.41, 5.74) is -2.50. The Morgan fingerprint density at radius 2 is 1.71 bits per heavy atom. The van der Waals surface area contributed by atoms with Crippen LogP contribution in [-0.2, 0) is 9.47 Å². The van der Waals surface area contributed by atoms with Crippen LogP contribution in [0, 0.1) is 6.92 Å². The molecule has 5 nitrogen and oxygen atoms in total. The van der Waals surface area contributed by atoms with Crippen molar-refractivity contribution in [2.45, 2.75) is 33.3 Å². The summed E-state index contributed by atoms with van der Waals surface area (Å²) in [6, 6.07) is 1.89. The second-order valence-corrected chi connectivity index (χ2v) is 5.93. The van der Waals surface area contributed by atoms with Crippen LogP contribution in [0.1, 0.15) is 36.7 Å². The van der Waals surface area contributed by atoms with Crippen LogP contribution in [0.3, 0.4) is 0 Å². The van der Waals surface area contributed by atoms with Gasteiger partial charge < -0.3 is 22.4 Å². The molecule has 1 rings (SSSR count). The fourth-order valence-corrected chi connectivity index (χ4v) is 1.89. The molecule has 1 N–H and O–H groups in total. The quantitative estimate of drug-likeness (QED) is 0.609. The van der Waals surface area contributed by atoms with Gasteiger partial charge in [-0.1, -0.05) is 11.6 Å². The molecule has 0 bridgehead atoms. The molecule has 0 radical (unpaired) electrons. The standard InChI is InChI=1S/C14H18BF3NO4.K/c1-8-10(12(20)22-5)6-9(7-11(8)15(16,17)18)19-13(21)23-14(2,3)4;/h6-7H,1-5H3,(H,19,21);/q-1;+1. The van der Waals surface area contributed by atoms with E-state index in [4.69, 9.17) is 4.74 Å². The molecule has 24 heavy (non-hydrogen) atoms. The minimum absolute atomic E-state index is 0. The molecule has 0 aliphatic heterocycles. The van der Waals surface area contributed by atoms with Crippen molar-refractivity contribution in [3.63, 3.8) is 0 Å². The van der Waals surface area contributed by atoms with E-state index in [1.807, 2.05) is 0 Å². The average molecular weight is 371 g/mol. The zero-order valence-electron chi connectivity index (χ0n) is 14.5. The smallest absolute Gasteiger partial charge is 0.465 e. The Kier molecular flexibility index (Phi) is 8.51. The maximum Gasteiger partial charge on any atom is 1.00 e. The number of benzene rings is 1. The number of esters is 1. The van der Waals surface area contributed by atoms with Gasteiger partial charge in [-0.2, -0.15) is 0 Å². The Labute approximate surface area is 181 Å². The number of anilines is 1. The van der Waals surface area contributed by atoms with Crippen LogP contribution in [0.2, 0.25) is 0 Å². The summed E-state index contributed by atoms with van der Waals surface area (Å²) >= 11 is 0. The summed E-state index contributed by atoms with van der Waals surface area (Å²) in [6.45, 7) is 0.662. The maximum absolute atomic E-state index is 13.2. The van der Waals surface area contributed by atoms with Gasteiger partial charge in [0.2, 0.25) is 0 Å². The molecule has 0 aliphatic rings. The van der Waals surface area contributed by atoms with Crippen LogP contribution in [0.15, 0.2) is 12.1 Å². The molecule has 0 saturated heterocycles. The summed E-state index contributed by atoms with van der Waals surface area (Å²) < 4.78 is 48.9. The Balaban J connectivity index is 0.00000529. The second-order valence-electron chi connectivity index (χ2n) is 5.93. The van der Waals surface area contributed by atoms with Crippen molar-refractivity contribution in [3.05, 3.63) is 23.3 Å². The first-order chi connectivity index (χ1) is 10.3. The van der Waals surface area contributed by atoms with Gasteiger partial charge in [0, 0.05) is 5.69 Å². The monoisotopic (exact) mass is 371 g/mol. The molecule has 0 aliphatic carbocycles. The number of carbonyl (C=O) groups excluding carboxylic acids is 2. The molecular weight excluding hydrogens is 353 g/mol. The van der Waals surface area contributed by atoms with Crippen LogP contribution < -0.4 is 62.2 Å². The molecule has 1 aromatic rings. The number of hydrogen-bond donors (Lipinski definition) is 1. The van der Waals surface area contributed by atoms with Gasteiger partial charge >= 0.3 is 70.4 Å². The molecule has 1 aromatic carbocycles. The molecule has 0 unspecified atom stereocenters. The van der Waals surface area contributed by atoms with E-state index in [0.29, 0.717) is 0 Å².